The number of fused-ring (bicyclic) bond motifs is 2. The summed E-state index contributed by atoms with van der Waals surface area (Å²) in [5.41, 5.74) is 8.39. The molecule has 4 aromatic carbocycles. The number of halogens is 1. The first-order valence-electron chi connectivity index (χ1n) is 14.1. The fourth-order valence-corrected chi connectivity index (χ4v) is 5.53. The van der Waals surface area contributed by atoms with Crippen LogP contribution in [0, 0.1) is 5.82 Å². The Balaban J connectivity index is 1.22. The average Bonchev–Trinajstić information content (AvgIpc) is 3.50. The highest BCUT2D eigenvalue weighted by atomic mass is 19.1. The van der Waals surface area contributed by atoms with Crippen molar-refractivity contribution in [2.75, 3.05) is 43.2 Å². The van der Waals surface area contributed by atoms with Crippen molar-refractivity contribution in [3.05, 3.63) is 108 Å². The standard InChI is InChI=1S/C34H31FN4O2/c35-26-6-1-23(2-7-26)3-8-28-21-32(37-27-9-11-29(12-10-27)39-17-15-36-16-18-39)30-19-24(4-13-31(30)38-28)25-5-14-33-34(20-25)41-22-40-33/h1-2,4-7,9-14,19-21,36H,3,8,15-18,22H2,(H,37,38). The van der Waals surface area contributed by atoms with Gasteiger partial charge in [0.25, 0.3) is 0 Å². The van der Waals surface area contributed by atoms with Gasteiger partial charge in [-0.05, 0) is 96.3 Å². The van der Waals surface area contributed by atoms with Gasteiger partial charge in [-0.1, -0.05) is 24.3 Å². The second-order valence-electron chi connectivity index (χ2n) is 10.5. The molecular formula is C34H31FN4O2. The van der Waals surface area contributed by atoms with Crippen molar-refractivity contribution < 1.29 is 13.9 Å². The maximum atomic E-state index is 13.4. The van der Waals surface area contributed by atoms with E-state index in [1.54, 1.807) is 0 Å². The Morgan fingerprint density at radius 2 is 1.54 bits per heavy atom. The highest BCUT2D eigenvalue weighted by Gasteiger charge is 2.16. The van der Waals surface area contributed by atoms with Crippen LogP contribution in [-0.2, 0) is 12.8 Å². The van der Waals surface area contributed by atoms with Crippen LogP contribution in [0.2, 0.25) is 0 Å². The molecule has 206 valence electrons. The van der Waals surface area contributed by atoms with Crippen LogP contribution in [0.25, 0.3) is 22.0 Å². The molecule has 0 saturated carbocycles. The highest BCUT2D eigenvalue weighted by Crippen LogP contribution is 2.38. The summed E-state index contributed by atoms with van der Waals surface area (Å²) in [6.45, 7) is 4.30. The monoisotopic (exact) mass is 546 g/mol. The zero-order valence-corrected chi connectivity index (χ0v) is 22.7. The van der Waals surface area contributed by atoms with Gasteiger partial charge in [-0.25, -0.2) is 4.39 Å². The molecule has 0 radical (unpaired) electrons. The second-order valence-corrected chi connectivity index (χ2v) is 10.5. The smallest absolute Gasteiger partial charge is 0.231 e. The van der Waals surface area contributed by atoms with E-state index in [1.165, 1.54) is 17.8 Å². The summed E-state index contributed by atoms with van der Waals surface area (Å²) in [5.74, 6) is 1.32. The molecule has 0 amide bonds. The molecule has 2 aliphatic heterocycles. The first-order valence-corrected chi connectivity index (χ1v) is 14.1. The van der Waals surface area contributed by atoms with Crippen molar-refractivity contribution >= 4 is 28.0 Å². The van der Waals surface area contributed by atoms with Crippen LogP contribution >= 0.6 is 0 Å². The van der Waals surface area contributed by atoms with Crippen LogP contribution in [0.4, 0.5) is 21.5 Å². The Morgan fingerprint density at radius 3 is 2.37 bits per heavy atom. The predicted molar refractivity (Wildman–Crippen MR) is 162 cm³/mol. The van der Waals surface area contributed by atoms with E-state index in [9.17, 15) is 4.39 Å². The lowest BCUT2D eigenvalue weighted by atomic mass is 10.0. The van der Waals surface area contributed by atoms with Crippen molar-refractivity contribution in [3.8, 4) is 22.6 Å². The van der Waals surface area contributed by atoms with Crippen molar-refractivity contribution in [3.63, 3.8) is 0 Å². The summed E-state index contributed by atoms with van der Waals surface area (Å²) in [6, 6.07) is 29.9. The summed E-state index contributed by atoms with van der Waals surface area (Å²) in [5, 5.41) is 8.13. The Hall–Kier alpha value is -4.62. The van der Waals surface area contributed by atoms with E-state index in [-0.39, 0.29) is 12.6 Å². The van der Waals surface area contributed by atoms with Crippen molar-refractivity contribution in [2.24, 2.45) is 0 Å². The van der Waals surface area contributed by atoms with Crippen LogP contribution in [0.5, 0.6) is 11.5 Å². The molecule has 2 aliphatic rings. The van der Waals surface area contributed by atoms with Crippen molar-refractivity contribution in [1.29, 1.82) is 0 Å². The molecule has 0 atom stereocenters. The quantitative estimate of drug-likeness (QED) is 0.237. The number of pyridine rings is 1. The number of benzene rings is 4. The molecule has 2 N–H and O–H groups in total. The van der Waals surface area contributed by atoms with Crippen LogP contribution in [0.1, 0.15) is 11.3 Å². The van der Waals surface area contributed by atoms with Crippen LogP contribution in [-0.4, -0.2) is 38.0 Å². The second kappa shape index (κ2) is 11.1. The molecule has 7 heteroatoms. The first-order chi connectivity index (χ1) is 20.2. The number of nitrogens with one attached hydrogen (secondary N) is 2. The van der Waals surface area contributed by atoms with Crippen molar-refractivity contribution in [1.82, 2.24) is 10.3 Å². The summed E-state index contributed by atoms with van der Waals surface area (Å²) < 4.78 is 24.5. The Morgan fingerprint density at radius 1 is 0.780 bits per heavy atom. The number of aryl methyl sites for hydroxylation is 2. The van der Waals surface area contributed by atoms with Gasteiger partial charge in [0.15, 0.2) is 11.5 Å². The zero-order chi connectivity index (χ0) is 27.6. The number of nitrogens with zero attached hydrogens (tertiary/aromatic N) is 2. The lowest BCUT2D eigenvalue weighted by molar-refractivity contribution is 0.174. The van der Waals surface area contributed by atoms with E-state index >= 15 is 0 Å². The first kappa shape index (κ1) is 25.4. The van der Waals surface area contributed by atoms with E-state index in [1.807, 2.05) is 24.3 Å². The molecule has 5 aromatic rings. The molecule has 41 heavy (non-hydrogen) atoms. The molecule has 1 aromatic heterocycles. The minimum atomic E-state index is -0.217. The third-order valence-corrected chi connectivity index (χ3v) is 7.78. The van der Waals surface area contributed by atoms with E-state index in [0.717, 1.165) is 95.2 Å². The van der Waals surface area contributed by atoms with Gasteiger partial charge in [0.1, 0.15) is 5.82 Å². The van der Waals surface area contributed by atoms with Gasteiger partial charge in [0, 0.05) is 54.3 Å². The molecule has 0 aliphatic carbocycles. The molecule has 6 nitrogen and oxygen atoms in total. The van der Waals surface area contributed by atoms with Gasteiger partial charge < -0.3 is 25.0 Å². The fourth-order valence-electron chi connectivity index (χ4n) is 5.53. The number of hydrogen-bond acceptors (Lipinski definition) is 6. The minimum Gasteiger partial charge on any atom is -0.454 e. The average molecular weight is 547 g/mol. The molecule has 1 fully saturated rings. The van der Waals surface area contributed by atoms with Gasteiger partial charge in [-0.15, -0.1) is 0 Å². The lowest BCUT2D eigenvalue weighted by Gasteiger charge is -2.29. The van der Waals surface area contributed by atoms with Gasteiger partial charge >= 0.3 is 0 Å². The van der Waals surface area contributed by atoms with Crippen LogP contribution < -0.4 is 25.0 Å². The molecule has 0 bridgehead atoms. The summed E-state index contributed by atoms with van der Waals surface area (Å²) >= 11 is 0. The number of aromatic nitrogens is 1. The number of hydrogen-bond donors (Lipinski definition) is 2. The predicted octanol–water partition coefficient (Wildman–Crippen LogP) is 6.71. The van der Waals surface area contributed by atoms with Gasteiger partial charge in [-0.2, -0.15) is 0 Å². The van der Waals surface area contributed by atoms with E-state index in [4.69, 9.17) is 14.5 Å². The number of ether oxygens (including phenoxy) is 2. The Labute approximate surface area is 238 Å². The summed E-state index contributed by atoms with van der Waals surface area (Å²) in [4.78, 5) is 7.42. The molecular weight excluding hydrogens is 515 g/mol. The zero-order valence-electron chi connectivity index (χ0n) is 22.7. The summed E-state index contributed by atoms with van der Waals surface area (Å²) in [7, 11) is 0. The number of anilines is 3. The normalized spacial score (nSPS) is 14.4. The molecule has 0 spiro atoms. The molecule has 3 heterocycles. The number of rotatable bonds is 7. The summed E-state index contributed by atoms with van der Waals surface area (Å²) in [6.07, 6.45) is 1.54. The lowest BCUT2D eigenvalue weighted by Crippen LogP contribution is -2.43. The third-order valence-electron chi connectivity index (χ3n) is 7.78. The van der Waals surface area contributed by atoms with E-state index in [0.29, 0.717) is 0 Å². The maximum Gasteiger partial charge on any atom is 0.231 e. The Bertz CT molecular complexity index is 1680. The molecule has 1 saturated heterocycles. The minimum absolute atomic E-state index is 0.217. The van der Waals surface area contributed by atoms with Crippen LogP contribution in [0.3, 0.4) is 0 Å². The maximum absolute atomic E-state index is 13.4. The third kappa shape index (κ3) is 5.54. The largest absolute Gasteiger partial charge is 0.454 e. The molecule has 7 rings (SSSR count). The van der Waals surface area contributed by atoms with Gasteiger partial charge in [0.05, 0.1) is 5.52 Å². The van der Waals surface area contributed by atoms with Gasteiger partial charge in [-0.3, -0.25) is 4.98 Å². The van der Waals surface area contributed by atoms with Crippen LogP contribution in [0.15, 0.2) is 91.0 Å². The van der Waals surface area contributed by atoms with Crippen molar-refractivity contribution in [2.45, 2.75) is 12.8 Å². The number of piperazine rings is 1. The molecule has 0 unspecified atom stereocenters. The topological polar surface area (TPSA) is 58.7 Å². The van der Waals surface area contributed by atoms with E-state index in [2.05, 4.69) is 70.1 Å². The Kier molecular flexibility index (Phi) is 6.86. The fraction of sp³-hybridized carbons (Fsp3) is 0.206. The van der Waals surface area contributed by atoms with Gasteiger partial charge in [0.2, 0.25) is 6.79 Å². The SMILES string of the molecule is Fc1ccc(CCc2cc(Nc3ccc(N4CCNCC4)cc3)c3cc(-c4ccc5c(c4)OCO5)ccc3n2)cc1. The highest BCUT2D eigenvalue weighted by molar-refractivity contribution is 5.96. The van der Waals surface area contributed by atoms with E-state index < -0.39 is 0 Å².